The number of esters is 1. The van der Waals surface area contributed by atoms with Crippen molar-refractivity contribution in [2.45, 2.75) is 38.5 Å². The average molecular weight is 242 g/mol. The van der Waals surface area contributed by atoms with Gasteiger partial charge in [0, 0.05) is 5.92 Å². The fraction of sp³-hybridized carbons (Fsp3) is 0.727. The summed E-state index contributed by atoms with van der Waals surface area (Å²) in [6.45, 7) is 0. The van der Waals surface area contributed by atoms with Gasteiger partial charge in [-0.1, -0.05) is 19.3 Å². The van der Waals surface area contributed by atoms with E-state index in [9.17, 15) is 14.4 Å². The zero-order valence-corrected chi connectivity index (χ0v) is 9.95. The Morgan fingerprint density at radius 3 is 2.35 bits per heavy atom. The van der Waals surface area contributed by atoms with Crippen LogP contribution in [0.5, 0.6) is 0 Å². The van der Waals surface area contributed by atoms with Gasteiger partial charge in [0.2, 0.25) is 11.8 Å². The van der Waals surface area contributed by atoms with Gasteiger partial charge in [-0.15, -0.1) is 0 Å². The molecule has 0 unspecified atom stereocenters. The minimum atomic E-state index is -0.630. The standard InChI is InChI=1S/C11H18N2O4/c1-17-10(15)7-9(14)12-13-11(16)8-5-3-2-4-6-8/h8H,2-7H2,1H3,(H,12,14)(H,13,16). The molecule has 0 atom stereocenters. The van der Waals surface area contributed by atoms with Crippen LogP contribution >= 0.6 is 0 Å². The van der Waals surface area contributed by atoms with E-state index in [4.69, 9.17) is 0 Å². The number of methoxy groups -OCH3 is 1. The van der Waals surface area contributed by atoms with E-state index in [0.29, 0.717) is 0 Å². The van der Waals surface area contributed by atoms with Crippen LogP contribution in [-0.4, -0.2) is 24.9 Å². The maximum absolute atomic E-state index is 11.6. The summed E-state index contributed by atoms with van der Waals surface area (Å²) in [4.78, 5) is 33.6. The molecule has 1 aliphatic carbocycles. The normalized spacial score (nSPS) is 16.1. The van der Waals surface area contributed by atoms with Crippen LogP contribution in [0.15, 0.2) is 0 Å². The summed E-state index contributed by atoms with van der Waals surface area (Å²) < 4.78 is 4.33. The van der Waals surface area contributed by atoms with Crippen molar-refractivity contribution < 1.29 is 19.1 Å². The van der Waals surface area contributed by atoms with Crippen LogP contribution in [0, 0.1) is 5.92 Å². The number of hydrogen-bond acceptors (Lipinski definition) is 4. The summed E-state index contributed by atoms with van der Waals surface area (Å²) in [5, 5.41) is 0. The molecular formula is C11H18N2O4. The summed E-state index contributed by atoms with van der Waals surface area (Å²) in [5.74, 6) is -1.40. The van der Waals surface area contributed by atoms with Gasteiger partial charge in [0.25, 0.3) is 0 Å². The minimum Gasteiger partial charge on any atom is -0.469 e. The number of nitrogens with one attached hydrogen (secondary N) is 2. The van der Waals surface area contributed by atoms with E-state index in [1.807, 2.05) is 0 Å². The van der Waals surface area contributed by atoms with Crippen molar-refractivity contribution in [1.29, 1.82) is 0 Å². The van der Waals surface area contributed by atoms with Crippen molar-refractivity contribution in [3.63, 3.8) is 0 Å². The molecule has 0 radical (unpaired) electrons. The van der Waals surface area contributed by atoms with E-state index in [1.165, 1.54) is 13.5 Å². The quantitative estimate of drug-likeness (QED) is 0.423. The smallest absolute Gasteiger partial charge is 0.315 e. The lowest BCUT2D eigenvalue weighted by Crippen LogP contribution is -2.45. The lowest BCUT2D eigenvalue weighted by Gasteiger charge is -2.20. The zero-order valence-electron chi connectivity index (χ0n) is 9.95. The molecule has 0 aromatic rings. The topological polar surface area (TPSA) is 84.5 Å². The zero-order chi connectivity index (χ0) is 12.7. The molecule has 17 heavy (non-hydrogen) atoms. The van der Waals surface area contributed by atoms with Crippen LogP contribution in [0.4, 0.5) is 0 Å². The Bertz CT molecular complexity index is 298. The Hall–Kier alpha value is -1.59. The average Bonchev–Trinajstić information content (AvgIpc) is 2.36. The van der Waals surface area contributed by atoms with Crippen molar-refractivity contribution in [3.8, 4) is 0 Å². The van der Waals surface area contributed by atoms with Crippen LogP contribution in [-0.2, 0) is 19.1 Å². The van der Waals surface area contributed by atoms with Crippen LogP contribution in [0.1, 0.15) is 38.5 Å². The van der Waals surface area contributed by atoms with Crippen molar-refractivity contribution in [2.24, 2.45) is 5.92 Å². The number of rotatable bonds is 3. The molecule has 2 N–H and O–H groups in total. The molecule has 0 aromatic carbocycles. The molecule has 1 rings (SSSR count). The van der Waals surface area contributed by atoms with Gasteiger partial charge in [-0.2, -0.15) is 0 Å². The fourth-order valence-corrected chi connectivity index (χ4v) is 1.85. The predicted octanol–water partition coefficient (Wildman–Crippen LogP) is 0.277. The van der Waals surface area contributed by atoms with Crippen molar-refractivity contribution in [3.05, 3.63) is 0 Å². The molecule has 0 heterocycles. The Labute approximate surface area is 100 Å². The number of hydrazine groups is 1. The Kier molecular flexibility index (Phi) is 5.45. The highest BCUT2D eigenvalue weighted by Crippen LogP contribution is 2.23. The fourth-order valence-electron chi connectivity index (χ4n) is 1.85. The van der Waals surface area contributed by atoms with Gasteiger partial charge >= 0.3 is 5.97 Å². The third-order valence-corrected chi connectivity index (χ3v) is 2.83. The molecule has 1 fully saturated rings. The molecule has 0 aliphatic heterocycles. The molecule has 96 valence electrons. The first-order valence-electron chi connectivity index (χ1n) is 5.79. The summed E-state index contributed by atoms with van der Waals surface area (Å²) >= 11 is 0. The third kappa shape index (κ3) is 4.84. The van der Waals surface area contributed by atoms with Crippen LogP contribution in [0.25, 0.3) is 0 Å². The first-order chi connectivity index (χ1) is 8.13. The first kappa shape index (κ1) is 13.5. The Balaban J connectivity index is 2.22. The van der Waals surface area contributed by atoms with E-state index in [0.717, 1.165) is 25.7 Å². The van der Waals surface area contributed by atoms with Gasteiger partial charge in [-0.3, -0.25) is 25.2 Å². The van der Waals surface area contributed by atoms with Crippen LogP contribution in [0.3, 0.4) is 0 Å². The van der Waals surface area contributed by atoms with E-state index < -0.39 is 11.9 Å². The summed E-state index contributed by atoms with van der Waals surface area (Å²) in [6.07, 6.45) is 4.60. The molecule has 2 amide bonds. The maximum atomic E-state index is 11.6. The van der Waals surface area contributed by atoms with E-state index >= 15 is 0 Å². The number of carbonyl (C=O) groups is 3. The minimum absolute atomic E-state index is 0.0258. The molecule has 0 saturated heterocycles. The van der Waals surface area contributed by atoms with E-state index in [1.54, 1.807) is 0 Å². The summed E-state index contributed by atoms with van der Waals surface area (Å²) in [7, 11) is 1.20. The van der Waals surface area contributed by atoms with Crippen LogP contribution in [0.2, 0.25) is 0 Å². The highest BCUT2D eigenvalue weighted by atomic mass is 16.5. The maximum Gasteiger partial charge on any atom is 0.315 e. The molecule has 1 saturated carbocycles. The summed E-state index contributed by atoms with van der Waals surface area (Å²) in [6, 6.07) is 0. The van der Waals surface area contributed by atoms with E-state index in [2.05, 4.69) is 15.6 Å². The second-order valence-electron chi connectivity index (χ2n) is 4.13. The van der Waals surface area contributed by atoms with Crippen molar-refractivity contribution in [2.75, 3.05) is 7.11 Å². The SMILES string of the molecule is COC(=O)CC(=O)NNC(=O)C1CCCCC1. The predicted molar refractivity (Wildman–Crippen MR) is 59.5 cm³/mol. The van der Waals surface area contributed by atoms with Crippen LogP contribution < -0.4 is 10.9 Å². The van der Waals surface area contributed by atoms with Crippen molar-refractivity contribution in [1.82, 2.24) is 10.9 Å². The molecule has 6 heteroatoms. The largest absolute Gasteiger partial charge is 0.469 e. The second-order valence-corrected chi connectivity index (χ2v) is 4.13. The van der Waals surface area contributed by atoms with Gasteiger partial charge in [-0.05, 0) is 12.8 Å². The number of carbonyl (C=O) groups excluding carboxylic acids is 3. The number of amides is 2. The molecule has 0 aromatic heterocycles. The molecular weight excluding hydrogens is 224 g/mol. The summed E-state index contributed by atoms with van der Waals surface area (Å²) in [5.41, 5.74) is 4.54. The molecule has 1 aliphatic rings. The lowest BCUT2D eigenvalue weighted by atomic mass is 9.89. The molecule has 6 nitrogen and oxygen atoms in total. The highest BCUT2D eigenvalue weighted by Gasteiger charge is 2.21. The van der Waals surface area contributed by atoms with Gasteiger partial charge < -0.3 is 4.74 Å². The highest BCUT2D eigenvalue weighted by molar-refractivity contribution is 5.95. The van der Waals surface area contributed by atoms with Crippen molar-refractivity contribution >= 4 is 17.8 Å². The monoisotopic (exact) mass is 242 g/mol. The van der Waals surface area contributed by atoms with Gasteiger partial charge in [-0.25, -0.2) is 0 Å². The number of hydrogen-bond donors (Lipinski definition) is 2. The number of ether oxygens (including phenoxy) is 1. The Morgan fingerprint density at radius 2 is 1.76 bits per heavy atom. The second kappa shape index (κ2) is 6.88. The molecule has 0 spiro atoms. The third-order valence-electron chi connectivity index (χ3n) is 2.83. The van der Waals surface area contributed by atoms with E-state index in [-0.39, 0.29) is 18.2 Å². The Morgan fingerprint density at radius 1 is 1.12 bits per heavy atom. The first-order valence-corrected chi connectivity index (χ1v) is 5.79. The molecule has 0 bridgehead atoms. The lowest BCUT2D eigenvalue weighted by molar-refractivity contribution is -0.145. The van der Waals surface area contributed by atoms with Gasteiger partial charge in [0.05, 0.1) is 7.11 Å². The van der Waals surface area contributed by atoms with Gasteiger partial charge in [0.15, 0.2) is 0 Å². The van der Waals surface area contributed by atoms with Gasteiger partial charge in [0.1, 0.15) is 6.42 Å².